The highest BCUT2D eigenvalue weighted by Gasteiger charge is 2.18. The number of halogens is 3. The number of nitrogens with zero attached hydrogens (tertiary/aromatic N) is 1. The van der Waals surface area contributed by atoms with Crippen LogP contribution in [0.5, 0.6) is 5.75 Å². The number of anilines is 1. The highest BCUT2D eigenvalue weighted by atomic mass is 35.5. The number of aromatic nitrogens is 1. The smallest absolute Gasteiger partial charge is 0.259 e. The molecule has 9 heteroatoms. The average Bonchev–Trinajstić information content (AvgIpc) is 3.03. The molecule has 1 amide bonds. The van der Waals surface area contributed by atoms with Crippen molar-refractivity contribution in [3.05, 3.63) is 37.5 Å². The highest BCUT2D eigenvalue weighted by molar-refractivity contribution is 7.23. The number of hydrogen-bond donors (Lipinski definition) is 1. The summed E-state index contributed by atoms with van der Waals surface area (Å²) in [7, 11) is 1.55. The van der Waals surface area contributed by atoms with Crippen LogP contribution in [0.3, 0.4) is 0 Å². The van der Waals surface area contributed by atoms with Crippen molar-refractivity contribution in [1.29, 1.82) is 0 Å². The van der Waals surface area contributed by atoms with E-state index in [1.165, 1.54) is 17.4 Å². The Morgan fingerprint density at radius 3 is 2.68 bits per heavy atom. The van der Waals surface area contributed by atoms with Crippen LogP contribution in [0.2, 0.25) is 13.7 Å². The normalized spacial score (nSPS) is 10.9. The van der Waals surface area contributed by atoms with Gasteiger partial charge in [0.25, 0.3) is 5.91 Å². The summed E-state index contributed by atoms with van der Waals surface area (Å²) in [6.07, 6.45) is 0. The van der Waals surface area contributed by atoms with E-state index in [0.29, 0.717) is 35.7 Å². The van der Waals surface area contributed by atoms with Gasteiger partial charge in [0.1, 0.15) is 15.6 Å². The maximum atomic E-state index is 12.2. The molecule has 2 heterocycles. The SMILES string of the molecule is COc1ccc(Cl)c2sc(NC(=O)c3cc(Cl)sc3Cl)nc12. The van der Waals surface area contributed by atoms with Crippen LogP contribution in [0.15, 0.2) is 18.2 Å². The van der Waals surface area contributed by atoms with E-state index in [-0.39, 0.29) is 5.91 Å². The Kier molecular flexibility index (Phi) is 4.47. The van der Waals surface area contributed by atoms with E-state index in [2.05, 4.69) is 10.3 Å². The van der Waals surface area contributed by atoms with Gasteiger partial charge in [0.05, 0.1) is 26.7 Å². The van der Waals surface area contributed by atoms with Crippen molar-refractivity contribution in [2.45, 2.75) is 0 Å². The van der Waals surface area contributed by atoms with Crippen LogP contribution >= 0.6 is 57.5 Å². The second-order valence-corrected chi connectivity index (χ2v) is 7.83. The Morgan fingerprint density at radius 2 is 2.05 bits per heavy atom. The third kappa shape index (κ3) is 2.89. The third-order valence-electron chi connectivity index (χ3n) is 2.80. The number of thiophene rings is 1. The number of hydrogen-bond acceptors (Lipinski definition) is 5. The first-order chi connectivity index (χ1) is 10.5. The number of nitrogens with one attached hydrogen (secondary N) is 1. The summed E-state index contributed by atoms with van der Waals surface area (Å²) in [6.45, 7) is 0. The van der Waals surface area contributed by atoms with Gasteiger partial charge < -0.3 is 4.74 Å². The molecule has 0 saturated heterocycles. The van der Waals surface area contributed by atoms with Gasteiger partial charge in [-0.3, -0.25) is 10.1 Å². The molecule has 0 aliphatic heterocycles. The minimum atomic E-state index is -0.373. The molecule has 22 heavy (non-hydrogen) atoms. The van der Waals surface area contributed by atoms with Gasteiger partial charge in [0, 0.05) is 0 Å². The first-order valence-corrected chi connectivity index (χ1v) is 8.65. The first kappa shape index (κ1) is 15.8. The standard InChI is InChI=1S/C13H7Cl3N2O2S2/c1-20-7-3-2-6(14)10-9(7)17-13(22-10)18-12(19)5-4-8(15)21-11(5)16/h2-4H,1H3,(H,17,18,19). The molecule has 0 atom stereocenters. The molecule has 0 saturated carbocycles. The lowest BCUT2D eigenvalue weighted by molar-refractivity contribution is 0.102. The molecule has 1 N–H and O–H groups in total. The third-order valence-corrected chi connectivity index (χ3v) is 5.72. The summed E-state index contributed by atoms with van der Waals surface area (Å²) in [5.41, 5.74) is 0.915. The number of carbonyl (C=O) groups is 1. The molecule has 0 radical (unpaired) electrons. The second-order valence-electron chi connectivity index (χ2n) is 4.14. The predicted octanol–water partition coefficient (Wildman–Crippen LogP) is 5.58. The van der Waals surface area contributed by atoms with Crippen molar-refractivity contribution in [3.63, 3.8) is 0 Å². The molecular weight excluding hydrogens is 387 g/mol. The largest absolute Gasteiger partial charge is 0.494 e. The van der Waals surface area contributed by atoms with Crippen LogP contribution in [-0.4, -0.2) is 18.0 Å². The zero-order chi connectivity index (χ0) is 15.9. The van der Waals surface area contributed by atoms with Crippen LogP contribution in [-0.2, 0) is 0 Å². The van der Waals surface area contributed by atoms with Crippen LogP contribution < -0.4 is 10.1 Å². The Hall–Kier alpha value is -1.05. The van der Waals surface area contributed by atoms with Crippen LogP contribution in [0.25, 0.3) is 10.2 Å². The molecule has 0 spiro atoms. The summed E-state index contributed by atoms with van der Waals surface area (Å²) in [6, 6.07) is 4.97. The molecule has 114 valence electrons. The van der Waals surface area contributed by atoms with Gasteiger partial charge in [-0.05, 0) is 18.2 Å². The van der Waals surface area contributed by atoms with Crippen molar-refractivity contribution < 1.29 is 9.53 Å². The van der Waals surface area contributed by atoms with Crippen LogP contribution in [0.1, 0.15) is 10.4 Å². The minimum Gasteiger partial charge on any atom is -0.494 e. The lowest BCUT2D eigenvalue weighted by atomic mass is 10.3. The van der Waals surface area contributed by atoms with E-state index in [1.54, 1.807) is 19.2 Å². The molecule has 0 bridgehead atoms. The average molecular weight is 394 g/mol. The lowest BCUT2D eigenvalue weighted by Crippen LogP contribution is -2.10. The zero-order valence-corrected chi connectivity index (χ0v) is 14.8. The molecular formula is C13H7Cl3N2O2S2. The van der Waals surface area contributed by atoms with Gasteiger partial charge in [0.15, 0.2) is 5.13 Å². The number of rotatable bonds is 3. The fourth-order valence-electron chi connectivity index (χ4n) is 1.83. The Labute approximate surface area is 148 Å². The predicted molar refractivity (Wildman–Crippen MR) is 93.5 cm³/mol. The fraction of sp³-hybridized carbons (Fsp3) is 0.0769. The number of carbonyl (C=O) groups excluding carboxylic acids is 1. The quantitative estimate of drug-likeness (QED) is 0.632. The highest BCUT2D eigenvalue weighted by Crippen LogP contribution is 2.38. The van der Waals surface area contributed by atoms with Gasteiger partial charge in [-0.25, -0.2) is 4.98 Å². The van der Waals surface area contributed by atoms with E-state index < -0.39 is 0 Å². The van der Waals surface area contributed by atoms with Crippen molar-refractivity contribution >= 4 is 78.7 Å². The van der Waals surface area contributed by atoms with Gasteiger partial charge in [-0.1, -0.05) is 46.1 Å². The summed E-state index contributed by atoms with van der Waals surface area (Å²) >= 11 is 20.4. The number of amides is 1. The number of fused-ring (bicyclic) bond motifs is 1. The molecule has 0 aliphatic carbocycles. The zero-order valence-electron chi connectivity index (χ0n) is 10.9. The maximum absolute atomic E-state index is 12.2. The van der Waals surface area contributed by atoms with Gasteiger partial charge in [-0.2, -0.15) is 0 Å². The maximum Gasteiger partial charge on any atom is 0.259 e. The summed E-state index contributed by atoms with van der Waals surface area (Å²) < 4.78 is 6.77. The summed E-state index contributed by atoms with van der Waals surface area (Å²) in [5.74, 6) is 0.218. The van der Waals surface area contributed by atoms with E-state index in [1.807, 2.05) is 0 Å². The fourth-order valence-corrected chi connectivity index (χ4v) is 4.44. The molecule has 3 rings (SSSR count). The number of ether oxygens (including phenoxy) is 1. The molecule has 4 nitrogen and oxygen atoms in total. The summed E-state index contributed by atoms with van der Waals surface area (Å²) in [5, 5.41) is 3.65. The van der Waals surface area contributed by atoms with Crippen molar-refractivity contribution in [2.24, 2.45) is 0 Å². The molecule has 0 aliphatic rings. The second kappa shape index (κ2) is 6.22. The van der Waals surface area contributed by atoms with Gasteiger partial charge >= 0.3 is 0 Å². The molecule has 0 unspecified atom stereocenters. The summed E-state index contributed by atoms with van der Waals surface area (Å²) in [4.78, 5) is 16.6. The monoisotopic (exact) mass is 392 g/mol. The Morgan fingerprint density at radius 1 is 1.27 bits per heavy atom. The Bertz CT molecular complexity index is 876. The van der Waals surface area contributed by atoms with E-state index in [9.17, 15) is 4.79 Å². The number of methoxy groups -OCH3 is 1. The topological polar surface area (TPSA) is 51.2 Å². The van der Waals surface area contributed by atoms with E-state index >= 15 is 0 Å². The van der Waals surface area contributed by atoms with Gasteiger partial charge in [-0.15, -0.1) is 11.3 Å². The molecule has 3 aromatic rings. The molecule has 1 aromatic carbocycles. The van der Waals surface area contributed by atoms with Gasteiger partial charge in [0.2, 0.25) is 0 Å². The van der Waals surface area contributed by atoms with Crippen molar-refractivity contribution in [3.8, 4) is 5.75 Å². The number of benzene rings is 1. The van der Waals surface area contributed by atoms with E-state index in [0.717, 1.165) is 16.0 Å². The molecule has 0 fully saturated rings. The van der Waals surface area contributed by atoms with Crippen molar-refractivity contribution in [1.82, 2.24) is 4.98 Å². The van der Waals surface area contributed by atoms with Crippen LogP contribution in [0.4, 0.5) is 5.13 Å². The van der Waals surface area contributed by atoms with Crippen LogP contribution in [0, 0.1) is 0 Å². The molecule has 2 aromatic heterocycles. The van der Waals surface area contributed by atoms with E-state index in [4.69, 9.17) is 39.5 Å². The lowest BCUT2D eigenvalue weighted by Gasteiger charge is -2.00. The van der Waals surface area contributed by atoms with Crippen molar-refractivity contribution in [2.75, 3.05) is 12.4 Å². The number of thiazole rings is 1. The minimum absolute atomic E-state index is 0.314. The first-order valence-electron chi connectivity index (χ1n) is 5.89. The Balaban J connectivity index is 1.96.